The summed E-state index contributed by atoms with van der Waals surface area (Å²) in [6.07, 6.45) is 6.65. The maximum Gasteiger partial charge on any atom is 0.192 e. The molecule has 0 saturated heterocycles. The van der Waals surface area contributed by atoms with E-state index < -0.39 is 0 Å². The minimum absolute atomic E-state index is 0.0975. The number of aryl methyl sites for hydroxylation is 2. The van der Waals surface area contributed by atoms with Crippen molar-refractivity contribution in [3.05, 3.63) is 68.6 Å². The first kappa shape index (κ1) is 16.2. The standard InChI is InChI=1S/C17H17Br2NO/c1-12-10-20(2)11-16(17(12)21)14-5-3-4-13(8-14)9-15(19)6-7-18/h3-6,8,10-11H,7,9H2,1-2H3. The van der Waals surface area contributed by atoms with Gasteiger partial charge in [-0.05, 0) is 22.5 Å². The molecule has 0 atom stereocenters. The number of nitrogens with zero attached hydrogens (tertiary/aromatic N) is 1. The second-order valence-electron chi connectivity index (χ2n) is 5.03. The molecule has 0 fully saturated rings. The topological polar surface area (TPSA) is 22.0 Å². The number of alkyl halides is 1. The molecule has 0 spiro atoms. The number of pyridine rings is 1. The lowest BCUT2D eigenvalue weighted by Crippen LogP contribution is -2.11. The van der Waals surface area contributed by atoms with E-state index in [4.69, 9.17) is 0 Å². The SMILES string of the molecule is Cc1cn(C)cc(-c2cccc(CC(Br)=CCBr)c2)c1=O. The van der Waals surface area contributed by atoms with Crippen molar-refractivity contribution >= 4 is 31.9 Å². The van der Waals surface area contributed by atoms with Crippen LogP contribution in [-0.4, -0.2) is 9.90 Å². The maximum absolute atomic E-state index is 12.3. The Labute approximate surface area is 141 Å². The molecule has 0 N–H and O–H groups in total. The van der Waals surface area contributed by atoms with Crippen molar-refractivity contribution in [1.29, 1.82) is 0 Å². The van der Waals surface area contributed by atoms with Gasteiger partial charge >= 0.3 is 0 Å². The summed E-state index contributed by atoms with van der Waals surface area (Å²) in [6.45, 7) is 1.85. The molecule has 110 valence electrons. The predicted octanol–water partition coefficient (Wildman–Crippen LogP) is 4.58. The zero-order valence-corrected chi connectivity index (χ0v) is 15.2. The third-order valence-electron chi connectivity index (χ3n) is 3.24. The van der Waals surface area contributed by atoms with Crippen LogP contribution in [0.5, 0.6) is 0 Å². The molecule has 0 radical (unpaired) electrons. The van der Waals surface area contributed by atoms with Gasteiger partial charge < -0.3 is 4.57 Å². The summed E-state index contributed by atoms with van der Waals surface area (Å²) in [6, 6.07) is 8.15. The van der Waals surface area contributed by atoms with Crippen LogP contribution in [0, 0.1) is 6.92 Å². The number of benzene rings is 1. The third kappa shape index (κ3) is 4.17. The fraction of sp³-hybridized carbons (Fsp3) is 0.235. The Morgan fingerprint density at radius 3 is 2.81 bits per heavy atom. The fourth-order valence-corrected chi connectivity index (χ4v) is 3.59. The van der Waals surface area contributed by atoms with Gasteiger partial charge in [0.15, 0.2) is 5.43 Å². The number of hydrogen-bond donors (Lipinski definition) is 0. The summed E-state index contributed by atoms with van der Waals surface area (Å²) in [5, 5.41) is 0.825. The molecule has 21 heavy (non-hydrogen) atoms. The number of allylic oxidation sites excluding steroid dienone is 2. The van der Waals surface area contributed by atoms with E-state index in [2.05, 4.69) is 50.1 Å². The Bertz CT molecular complexity index is 732. The molecule has 1 aromatic heterocycles. The molecule has 1 aromatic carbocycles. The highest BCUT2D eigenvalue weighted by atomic mass is 79.9. The number of aromatic nitrogens is 1. The van der Waals surface area contributed by atoms with Crippen molar-refractivity contribution in [1.82, 2.24) is 4.57 Å². The lowest BCUT2D eigenvalue weighted by atomic mass is 10.0. The van der Waals surface area contributed by atoms with E-state index in [9.17, 15) is 4.79 Å². The molecule has 0 aliphatic carbocycles. The number of halogens is 2. The van der Waals surface area contributed by atoms with Crippen molar-refractivity contribution < 1.29 is 0 Å². The molecular weight excluding hydrogens is 394 g/mol. The van der Waals surface area contributed by atoms with Crippen LogP contribution in [0.15, 0.2) is 52.0 Å². The summed E-state index contributed by atoms with van der Waals surface area (Å²) >= 11 is 6.95. The van der Waals surface area contributed by atoms with Crippen LogP contribution in [0.1, 0.15) is 11.1 Å². The number of hydrogen-bond acceptors (Lipinski definition) is 1. The van der Waals surface area contributed by atoms with E-state index in [0.717, 1.165) is 32.9 Å². The second kappa shape index (κ2) is 7.23. The van der Waals surface area contributed by atoms with E-state index in [1.54, 1.807) is 0 Å². The van der Waals surface area contributed by atoms with Crippen molar-refractivity contribution in [2.45, 2.75) is 13.3 Å². The van der Waals surface area contributed by atoms with E-state index in [1.165, 1.54) is 5.56 Å². The van der Waals surface area contributed by atoms with Gasteiger partial charge in [0.25, 0.3) is 0 Å². The van der Waals surface area contributed by atoms with Crippen LogP contribution in [0.2, 0.25) is 0 Å². The predicted molar refractivity (Wildman–Crippen MR) is 96.4 cm³/mol. The second-order valence-corrected chi connectivity index (χ2v) is 6.70. The van der Waals surface area contributed by atoms with E-state index in [1.807, 2.05) is 43.1 Å². The molecule has 0 aliphatic rings. The van der Waals surface area contributed by atoms with Crippen molar-refractivity contribution in [3.8, 4) is 11.1 Å². The highest BCUT2D eigenvalue weighted by molar-refractivity contribution is 9.11. The van der Waals surface area contributed by atoms with Crippen LogP contribution in [0.25, 0.3) is 11.1 Å². The fourth-order valence-electron chi connectivity index (χ4n) is 2.28. The molecule has 1 heterocycles. The van der Waals surface area contributed by atoms with Gasteiger partial charge in [0.2, 0.25) is 0 Å². The van der Waals surface area contributed by atoms with E-state index in [-0.39, 0.29) is 5.43 Å². The Morgan fingerprint density at radius 1 is 1.33 bits per heavy atom. The van der Waals surface area contributed by atoms with Gasteiger partial charge in [-0.2, -0.15) is 0 Å². The molecule has 0 aliphatic heterocycles. The third-order valence-corrected chi connectivity index (χ3v) is 4.17. The first-order valence-electron chi connectivity index (χ1n) is 6.68. The van der Waals surface area contributed by atoms with Gasteiger partial charge in [-0.25, -0.2) is 0 Å². The summed E-state index contributed by atoms with van der Waals surface area (Å²) in [5.41, 5.74) is 3.76. The summed E-state index contributed by atoms with van der Waals surface area (Å²) in [4.78, 5) is 12.3. The molecule has 0 bridgehead atoms. The van der Waals surface area contributed by atoms with Crippen molar-refractivity contribution in [2.75, 3.05) is 5.33 Å². The molecule has 4 heteroatoms. The Hall–Kier alpha value is -1.13. The summed E-state index contributed by atoms with van der Waals surface area (Å²) in [7, 11) is 1.94. The first-order chi connectivity index (χ1) is 10.0. The summed E-state index contributed by atoms with van der Waals surface area (Å²) in [5.74, 6) is 0. The Balaban J connectivity index is 2.43. The van der Waals surface area contributed by atoms with Crippen molar-refractivity contribution in [3.63, 3.8) is 0 Å². The average molecular weight is 411 g/mol. The van der Waals surface area contributed by atoms with Crippen LogP contribution in [0.3, 0.4) is 0 Å². The number of rotatable bonds is 4. The van der Waals surface area contributed by atoms with Gasteiger partial charge in [0.1, 0.15) is 0 Å². The quantitative estimate of drug-likeness (QED) is 0.676. The molecule has 0 unspecified atom stereocenters. The van der Waals surface area contributed by atoms with Crippen LogP contribution < -0.4 is 5.43 Å². The highest BCUT2D eigenvalue weighted by Gasteiger charge is 2.07. The van der Waals surface area contributed by atoms with Crippen LogP contribution >= 0.6 is 31.9 Å². The van der Waals surface area contributed by atoms with Gasteiger partial charge in [0, 0.05) is 42.3 Å². The van der Waals surface area contributed by atoms with E-state index >= 15 is 0 Å². The average Bonchev–Trinajstić information content (AvgIpc) is 2.43. The van der Waals surface area contributed by atoms with Crippen molar-refractivity contribution in [2.24, 2.45) is 7.05 Å². The maximum atomic E-state index is 12.3. The van der Waals surface area contributed by atoms with Gasteiger partial charge in [-0.15, -0.1) is 0 Å². The normalized spacial score (nSPS) is 11.7. The van der Waals surface area contributed by atoms with E-state index in [0.29, 0.717) is 0 Å². The minimum Gasteiger partial charge on any atom is -0.356 e. The van der Waals surface area contributed by atoms with Crippen LogP contribution in [-0.2, 0) is 13.5 Å². The zero-order valence-electron chi connectivity index (χ0n) is 12.1. The monoisotopic (exact) mass is 409 g/mol. The largest absolute Gasteiger partial charge is 0.356 e. The zero-order chi connectivity index (χ0) is 15.4. The highest BCUT2D eigenvalue weighted by Crippen LogP contribution is 2.21. The Morgan fingerprint density at radius 2 is 2.10 bits per heavy atom. The molecule has 0 amide bonds. The molecule has 0 saturated carbocycles. The first-order valence-corrected chi connectivity index (χ1v) is 8.59. The molecule has 2 aromatic rings. The molecule has 2 nitrogen and oxygen atoms in total. The molecule has 2 rings (SSSR count). The summed E-state index contributed by atoms with van der Waals surface area (Å²) < 4.78 is 3.06. The lowest BCUT2D eigenvalue weighted by molar-refractivity contribution is 0.891. The Kier molecular flexibility index (Phi) is 5.59. The van der Waals surface area contributed by atoms with Gasteiger partial charge in [-0.1, -0.05) is 62.2 Å². The van der Waals surface area contributed by atoms with Gasteiger partial charge in [-0.3, -0.25) is 4.79 Å². The smallest absolute Gasteiger partial charge is 0.192 e. The lowest BCUT2D eigenvalue weighted by Gasteiger charge is -2.08. The van der Waals surface area contributed by atoms with Gasteiger partial charge in [0.05, 0.1) is 0 Å². The minimum atomic E-state index is 0.0975. The molecular formula is C17H17Br2NO. The van der Waals surface area contributed by atoms with Crippen LogP contribution in [0.4, 0.5) is 0 Å².